The van der Waals surface area contributed by atoms with Crippen molar-refractivity contribution < 1.29 is 19.8 Å². The molecule has 0 spiro atoms. The lowest BCUT2D eigenvalue weighted by Gasteiger charge is -2.16. The number of amides is 1. The van der Waals surface area contributed by atoms with E-state index in [2.05, 4.69) is 26.1 Å². The molecule has 0 aliphatic carbocycles. The Morgan fingerprint density at radius 2 is 1.70 bits per heavy atom. The van der Waals surface area contributed by atoms with Crippen molar-refractivity contribution in [3.8, 4) is 0 Å². The van der Waals surface area contributed by atoms with Crippen LogP contribution in [0.2, 0.25) is 0 Å². The number of carboxylic acids is 1. The van der Waals surface area contributed by atoms with Crippen molar-refractivity contribution in [3.63, 3.8) is 0 Å². The van der Waals surface area contributed by atoms with Gasteiger partial charge < -0.3 is 15.5 Å². The average Bonchev–Trinajstić information content (AvgIpc) is 2.43. The molecule has 0 saturated carbocycles. The van der Waals surface area contributed by atoms with Crippen LogP contribution < -0.4 is 5.32 Å². The number of aliphatic carboxylic acids is 1. The summed E-state index contributed by atoms with van der Waals surface area (Å²) in [7, 11) is 0. The summed E-state index contributed by atoms with van der Waals surface area (Å²) >= 11 is 0. The molecule has 0 radical (unpaired) electrons. The van der Waals surface area contributed by atoms with Gasteiger partial charge in [0.1, 0.15) is 0 Å². The highest BCUT2D eigenvalue weighted by molar-refractivity contribution is 5.94. The SMILES string of the molecule is CC(C)[C@H](C)c1ccc(C(=O)NCC(O)C(=O)O)cc1. The third-order valence-electron chi connectivity index (χ3n) is 3.44. The molecule has 0 fully saturated rings. The van der Waals surface area contributed by atoms with E-state index < -0.39 is 18.0 Å². The highest BCUT2D eigenvalue weighted by atomic mass is 16.4. The van der Waals surface area contributed by atoms with Gasteiger partial charge in [0.05, 0.1) is 6.54 Å². The molecule has 0 saturated heterocycles. The molecule has 0 heterocycles. The van der Waals surface area contributed by atoms with Gasteiger partial charge in [-0.25, -0.2) is 4.79 Å². The Kier molecular flexibility index (Phi) is 5.70. The molecule has 1 amide bonds. The van der Waals surface area contributed by atoms with Crippen LogP contribution in [0.25, 0.3) is 0 Å². The van der Waals surface area contributed by atoms with Gasteiger partial charge in [-0.1, -0.05) is 32.9 Å². The zero-order valence-corrected chi connectivity index (χ0v) is 12.0. The van der Waals surface area contributed by atoms with Crippen molar-refractivity contribution in [2.24, 2.45) is 5.92 Å². The minimum Gasteiger partial charge on any atom is -0.479 e. The molecule has 5 heteroatoms. The fourth-order valence-electron chi connectivity index (χ4n) is 1.70. The van der Waals surface area contributed by atoms with Crippen LogP contribution >= 0.6 is 0 Å². The number of hydrogen-bond donors (Lipinski definition) is 3. The first-order valence-electron chi connectivity index (χ1n) is 6.62. The fourth-order valence-corrected chi connectivity index (χ4v) is 1.70. The molecular formula is C15H21NO4. The second kappa shape index (κ2) is 7.05. The van der Waals surface area contributed by atoms with Crippen LogP contribution in [-0.4, -0.2) is 34.7 Å². The van der Waals surface area contributed by atoms with Crippen LogP contribution in [0, 0.1) is 5.92 Å². The number of carboxylic acid groups (broad SMARTS) is 1. The van der Waals surface area contributed by atoms with Crippen molar-refractivity contribution in [1.29, 1.82) is 0 Å². The molecule has 1 aromatic rings. The van der Waals surface area contributed by atoms with E-state index >= 15 is 0 Å². The topological polar surface area (TPSA) is 86.6 Å². The van der Waals surface area contributed by atoms with Crippen molar-refractivity contribution in [1.82, 2.24) is 5.32 Å². The number of aliphatic hydroxyl groups excluding tert-OH is 1. The van der Waals surface area contributed by atoms with E-state index in [0.29, 0.717) is 17.4 Å². The molecule has 110 valence electrons. The normalized spacial score (nSPS) is 13.8. The van der Waals surface area contributed by atoms with Crippen LogP contribution in [0.3, 0.4) is 0 Å². The van der Waals surface area contributed by atoms with E-state index in [1.165, 1.54) is 0 Å². The Morgan fingerprint density at radius 1 is 1.15 bits per heavy atom. The number of carbonyl (C=O) groups excluding carboxylic acids is 1. The predicted molar refractivity (Wildman–Crippen MR) is 75.7 cm³/mol. The predicted octanol–water partition coefficient (Wildman–Crippen LogP) is 1.62. The maximum atomic E-state index is 11.8. The van der Waals surface area contributed by atoms with Gasteiger partial charge in [0.2, 0.25) is 0 Å². The van der Waals surface area contributed by atoms with Gasteiger partial charge in [0, 0.05) is 5.56 Å². The molecule has 0 aliphatic heterocycles. The summed E-state index contributed by atoms with van der Waals surface area (Å²) in [5, 5.41) is 20.0. The van der Waals surface area contributed by atoms with Gasteiger partial charge >= 0.3 is 5.97 Å². The fraction of sp³-hybridized carbons (Fsp3) is 0.467. The van der Waals surface area contributed by atoms with E-state index in [1.54, 1.807) is 12.1 Å². The highest BCUT2D eigenvalue weighted by Crippen LogP contribution is 2.23. The van der Waals surface area contributed by atoms with E-state index in [1.807, 2.05) is 12.1 Å². The molecule has 0 bridgehead atoms. The third kappa shape index (κ3) is 4.35. The Hall–Kier alpha value is -1.88. The van der Waals surface area contributed by atoms with Gasteiger partial charge in [0.25, 0.3) is 5.91 Å². The van der Waals surface area contributed by atoms with E-state index in [9.17, 15) is 9.59 Å². The molecule has 1 aromatic carbocycles. The summed E-state index contributed by atoms with van der Waals surface area (Å²) < 4.78 is 0. The Bertz CT molecular complexity index is 467. The van der Waals surface area contributed by atoms with Crippen LogP contribution in [0.15, 0.2) is 24.3 Å². The second-order valence-electron chi connectivity index (χ2n) is 5.22. The molecule has 0 aliphatic rings. The highest BCUT2D eigenvalue weighted by Gasteiger charge is 2.15. The van der Waals surface area contributed by atoms with E-state index in [-0.39, 0.29) is 6.54 Å². The Balaban J connectivity index is 2.64. The lowest BCUT2D eigenvalue weighted by Crippen LogP contribution is -2.36. The first-order chi connectivity index (χ1) is 9.32. The average molecular weight is 279 g/mol. The van der Waals surface area contributed by atoms with Crippen molar-refractivity contribution in [3.05, 3.63) is 35.4 Å². The van der Waals surface area contributed by atoms with Gasteiger partial charge in [-0.2, -0.15) is 0 Å². The minimum atomic E-state index is -1.58. The summed E-state index contributed by atoms with van der Waals surface area (Å²) in [6.45, 7) is 6.10. The molecule has 2 atom stereocenters. The zero-order valence-electron chi connectivity index (χ0n) is 12.0. The summed E-state index contributed by atoms with van der Waals surface area (Å²) in [5.74, 6) is -0.832. The molecular weight excluding hydrogens is 258 g/mol. The number of nitrogens with one attached hydrogen (secondary N) is 1. The molecule has 0 aromatic heterocycles. The van der Waals surface area contributed by atoms with Crippen LogP contribution in [-0.2, 0) is 4.79 Å². The molecule has 5 nitrogen and oxygen atoms in total. The van der Waals surface area contributed by atoms with Crippen LogP contribution in [0.1, 0.15) is 42.6 Å². The monoisotopic (exact) mass is 279 g/mol. The minimum absolute atomic E-state index is 0.307. The molecule has 1 rings (SSSR count). The summed E-state index contributed by atoms with van der Waals surface area (Å²) in [5.41, 5.74) is 1.60. The van der Waals surface area contributed by atoms with Gasteiger partial charge in [-0.05, 0) is 29.5 Å². The molecule has 3 N–H and O–H groups in total. The Morgan fingerprint density at radius 3 is 2.15 bits per heavy atom. The third-order valence-corrected chi connectivity index (χ3v) is 3.44. The quantitative estimate of drug-likeness (QED) is 0.738. The number of hydrogen-bond acceptors (Lipinski definition) is 3. The van der Waals surface area contributed by atoms with E-state index in [4.69, 9.17) is 10.2 Å². The van der Waals surface area contributed by atoms with Crippen LogP contribution in [0.5, 0.6) is 0 Å². The zero-order chi connectivity index (χ0) is 15.3. The smallest absolute Gasteiger partial charge is 0.334 e. The summed E-state index contributed by atoms with van der Waals surface area (Å²) in [4.78, 5) is 22.2. The lowest BCUT2D eigenvalue weighted by molar-refractivity contribution is -0.146. The summed E-state index contributed by atoms with van der Waals surface area (Å²) in [6.07, 6.45) is -1.58. The lowest BCUT2D eigenvalue weighted by atomic mass is 9.90. The largest absolute Gasteiger partial charge is 0.479 e. The maximum Gasteiger partial charge on any atom is 0.334 e. The van der Waals surface area contributed by atoms with Gasteiger partial charge in [0.15, 0.2) is 6.10 Å². The summed E-state index contributed by atoms with van der Waals surface area (Å²) in [6, 6.07) is 7.20. The number of rotatable bonds is 6. The maximum absolute atomic E-state index is 11.8. The van der Waals surface area contributed by atoms with E-state index in [0.717, 1.165) is 5.56 Å². The van der Waals surface area contributed by atoms with Crippen LogP contribution in [0.4, 0.5) is 0 Å². The van der Waals surface area contributed by atoms with Crippen molar-refractivity contribution in [2.45, 2.75) is 32.8 Å². The van der Waals surface area contributed by atoms with Crippen molar-refractivity contribution >= 4 is 11.9 Å². The number of carbonyl (C=O) groups is 2. The first-order valence-corrected chi connectivity index (χ1v) is 6.62. The first kappa shape index (κ1) is 16.2. The Labute approximate surface area is 118 Å². The number of benzene rings is 1. The van der Waals surface area contributed by atoms with Gasteiger partial charge in [-0.3, -0.25) is 4.79 Å². The van der Waals surface area contributed by atoms with Crippen molar-refractivity contribution in [2.75, 3.05) is 6.54 Å². The molecule has 1 unspecified atom stereocenters. The molecule has 20 heavy (non-hydrogen) atoms. The standard InChI is InChI=1S/C15H21NO4/c1-9(2)10(3)11-4-6-12(7-5-11)14(18)16-8-13(17)15(19)20/h4-7,9-10,13,17H,8H2,1-3H3,(H,16,18)(H,19,20)/t10-,13?/m0/s1. The van der Waals surface area contributed by atoms with Gasteiger partial charge in [-0.15, -0.1) is 0 Å². The number of aliphatic hydroxyl groups is 1. The second-order valence-corrected chi connectivity index (χ2v) is 5.22.